The number of rotatable bonds is 5. The van der Waals surface area contributed by atoms with Gasteiger partial charge in [-0.15, -0.1) is 0 Å². The first-order chi connectivity index (χ1) is 13.1. The lowest BCUT2D eigenvalue weighted by molar-refractivity contribution is -0.116. The van der Waals surface area contributed by atoms with Crippen LogP contribution in [0.4, 0.5) is 5.82 Å². The minimum atomic E-state index is -0.528. The lowest BCUT2D eigenvalue weighted by atomic mass is 10.2. The summed E-state index contributed by atoms with van der Waals surface area (Å²) in [6.07, 6.45) is 4.96. The highest BCUT2D eigenvalue weighted by molar-refractivity contribution is 6.06. The molecular formula is C19H16N6O2. The number of primary amides is 1. The van der Waals surface area contributed by atoms with Gasteiger partial charge < -0.3 is 15.6 Å². The van der Waals surface area contributed by atoms with Crippen molar-refractivity contribution in [2.24, 2.45) is 5.73 Å². The normalized spacial score (nSPS) is 10.8. The molecule has 134 valence electrons. The van der Waals surface area contributed by atoms with Crippen LogP contribution < -0.4 is 11.1 Å². The second kappa shape index (κ2) is 6.75. The van der Waals surface area contributed by atoms with E-state index in [9.17, 15) is 9.59 Å². The maximum Gasteiger partial charge on any atom is 0.250 e. The third kappa shape index (κ3) is 3.28. The van der Waals surface area contributed by atoms with Crippen LogP contribution in [0.1, 0.15) is 10.4 Å². The number of carbonyl (C=O) groups excluding carboxylic acids is 2. The fourth-order valence-electron chi connectivity index (χ4n) is 2.98. The van der Waals surface area contributed by atoms with E-state index in [0.29, 0.717) is 11.4 Å². The van der Waals surface area contributed by atoms with Crippen LogP contribution in [0.2, 0.25) is 0 Å². The minimum absolute atomic E-state index is 0.0330. The smallest absolute Gasteiger partial charge is 0.250 e. The Morgan fingerprint density at radius 1 is 1.15 bits per heavy atom. The number of nitrogens with two attached hydrogens (primary N) is 1. The summed E-state index contributed by atoms with van der Waals surface area (Å²) in [4.78, 5) is 28.0. The zero-order valence-corrected chi connectivity index (χ0v) is 14.2. The van der Waals surface area contributed by atoms with Gasteiger partial charge in [0, 0.05) is 41.1 Å². The summed E-state index contributed by atoms with van der Waals surface area (Å²) in [5.41, 5.74) is 8.28. The van der Waals surface area contributed by atoms with Gasteiger partial charge in [-0.05, 0) is 18.2 Å². The summed E-state index contributed by atoms with van der Waals surface area (Å²) in [5, 5.41) is 10.5. The number of pyridine rings is 1. The SMILES string of the molecule is NC(=O)c1cn(CC(=O)Nc2cc(-c3ccncc3)[nH]n2)c2ccccc12. The summed E-state index contributed by atoms with van der Waals surface area (Å²) >= 11 is 0. The van der Waals surface area contributed by atoms with Crippen LogP contribution >= 0.6 is 0 Å². The second-order valence-electron chi connectivity index (χ2n) is 6.00. The number of benzene rings is 1. The van der Waals surface area contributed by atoms with E-state index in [4.69, 9.17) is 5.73 Å². The third-order valence-corrected chi connectivity index (χ3v) is 4.20. The molecule has 0 bridgehead atoms. The van der Waals surface area contributed by atoms with Crippen molar-refractivity contribution < 1.29 is 9.59 Å². The number of amides is 2. The Balaban J connectivity index is 1.53. The minimum Gasteiger partial charge on any atom is -0.366 e. The van der Waals surface area contributed by atoms with Gasteiger partial charge in [0.25, 0.3) is 5.91 Å². The molecule has 4 N–H and O–H groups in total. The van der Waals surface area contributed by atoms with E-state index in [1.807, 2.05) is 30.3 Å². The Kier molecular flexibility index (Phi) is 4.13. The predicted octanol–water partition coefficient (Wildman–Crippen LogP) is 2.16. The average Bonchev–Trinajstić information content (AvgIpc) is 3.28. The van der Waals surface area contributed by atoms with E-state index in [1.54, 1.807) is 35.3 Å². The number of carbonyl (C=O) groups is 2. The van der Waals surface area contributed by atoms with Gasteiger partial charge in [0.05, 0.1) is 11.3 Å². The van der Waals surface area contributed by atoms with Crippen LogP contribution in [0, 0.1) is 0 Å². The number of para-hydroxylation sites is 1. The highest BCUT2D eigenvalue weighted by atomic mass is 16.2. The fourth-order valence-corrected chi connectivity index (χ4v) is 2.98. The molecule has 0 aliphatic rings. The van der Waals surface area contributed by atoms with Gasteiger partial charge in [-0.2, -0.15) is 5.10 Å². The molecule has 2 amide bonds. The van der Waals surface area contributed by atoms with Gasteiger partial charge in [-0.1, -0.05) is 18.2 Å². The monoisotopic (exact) mass is 360 g/mol. The van der Waals surface area contributed by atoms with Crippen molar-refractivity contribution >= 4 is 28.5 Å². The first-order valence-corrected chi connectivity index (χ1v) is 8.25. The van der Waals surface area contributed by atoms with Crippen LogP contribution in [0.25, 0.3) is 22.2 Å². The van der Waals surface area contributed by atoms with Crippen molar-refractivity contribution in [3.05, 3.63) is 66.6 Å². The summed E-state index contributed by atoms with van der Waals surface area (Å²) in [6.45, 7) is 0.0330. The molecular weight excluding hydrogens is 344 g/mol. The van der Waals surface area contributed by atoms with Crippen LogP contribution in [0.5, 0.6) is 0 Å². The number of aromatic amines is 1. The number of nitrogens with zero attached hydrogens (tertiary/aromatic N) is 3. The fraction of sp³-hybridized carbons (Fsp3) is 0.0526. The second-order valence-corrected chi connectivity index (χ2v) is 6.00. The number of fused-ring (bicyclic) bond motifs is 1. The van der Waals surface area contributed by atoms with Crippen molar-refractivity contribution in [3.63, 3.8) is 0 Å². The Morgan fingerprint density at radius 2 is 1.93 bits per heavy atom. The number of aromatic nitrogens is 4. The number of nitrogens with one attached hydrogen (secondary N) is 2. The summed E-state index contributed by atoms with van der Waals surface area (Å²) in [7, 11) is 0. The molecule has 4 aromatic rings. The van der Waals surface area contributed by atoms with Gasteiger partial charge >= 0.3 is 0 Å². The van der Waals surface area contributed by atoms with E-state index in [-0.39, 0.29) is 12.5 Å². The molecule has 8 nitrogen and oxygen atoms in total. The van der Waals surface area contributed by atoms with Crippen molar-refractivity contribution in [2.75, 3.05) is 5.32 Å². The average molecular weight is 360 g/mol. The molecule has 3 aromatic heterocycles. The standard InChI is InChI=1S/C19H16N6O2/c20-19(27)14-10-25(16-4-2-1-3-13(14)16)11-18(26)22-17-9-15(23-24-17)12-5-7-21-8-6-12/h1-10H,11H2,(H2,20,27)(H2,22,23,24,26). The molecule has 0 fully saturated rings. The molecule has 0 spiro atoms. The molecule has 0 aliphatic heterocycles. The van der Waals surface area contributed by atoms with Gasteiger partial charge in [0.2, 0.25) is 5.91 Å². The first kappa shape index (κ1) is 16.5. The van der Waals surface area contributed by atoms with E-state index in [1.165, 1.54) is 0 Å². The number of hydrogen-bond acceptors (Lipinski definition) is 4. The van der Waals surface area contributed by atoms with E-state index >= 15 is 0 Å². The van der Waals surface area contributed by atoms with Gasteiger partial charge in [-0.3, -0.25) is 19.7 Å². The maximum absolute atomic E-state index is 12.4. The highest BCUT2D eigenvalue weighted by Gasteiger charge is 2.15. The predicted molar refractivity (Wildman–Crippen MR) is 101 cm³/mol. The third-order valence-electron chi connectivity index (χ3n) is 4.20. The van der Waals surface area contributed by atoms with Gasteiger partial charge in [-0.25, -0.2) is 0 Å². The summed E-state index contributed by atoms with van der Waals surface area (Å²) in [6, 6.07) is 12.7. The molecule has 0 saturated carbocycles. The largest absolute Gasteiger partial charge is 0.366 e. The molecule has 0 unspecified atom stereocenters. The molecule has 0 saturated heterocycles. The summed E-state index contributed by atoms with van der Waals surface area (Å²) < 4.78 is 1.70. The van der Waals surface area contributed by atoms with E-state index < -0.39 is 5.91 Å². The Hall–Kier alpha value is -3.94. The van der Waals surface area contributed by atoms with Gasteiger partial charge in [0.1, 0.15) is 6.54 Å². The zero-order valence-electron chi connectivity index (χ0n) is 14.2. The topological polar surface area (TPSA) is 119 Å². The number of anilines is 1. The van der Waals surface area contributed by atoms with E-state index in [0.717, 1.165) is 22.2 Å². The molecule has 4 rings (SSSR count). The molecule has 27 heavy (non-hydrogen) atoms. The number of hydrogen-bond donors (Lipinski definition) is 3. The highest BCUT2D eigenvalue weighted by Crippen LogP contribution is 2.22. The molecule has 0 atom stereocenters. The Morgan fingerprint density at radius 3 is 2.70 bits per heavy atom. The van der Waals surface area contributed by atoms with E-state index in [2.05, 4.69) is 20.5 Å². The Labute approximate surface area is 154 Å². The van der Waals surface area contributed by atoms with Crippen LogP contribution in [-0.2, 0) is 11.3 Å². The van der Waals surface area contributed by atoms with Crippen molar-refractivity contribution in [3.8, 4) is 11.3 Å². The maximum atomic E-state index is 12.4. The molecule has 0 aliphatic carbocycles. The Bertz CT molecular complexity index is 1130. The molecule has 3 heterocycles. The lowest BCUT2D eigenvalue weighted by Crippen LogP contribution is -2.18. The van der Waals surface area contributed by atoms with Crippen molar-refractivity contribution in [1.82, 2.24) is 19.7 Å². The van der Waals surface area contributed by atoms with Crippen molar-refractivity contribution in [2.45, 2.75) is 6.54 Å². The summed E-state index contributed by atoms with van der Waals surface area (Å²) in [5.74, 6) is -0.377. The van der Waals surface area contributed by atoms with Crippen LogP contribution in [0.3, 0.4) is 0 Å². The molecule has 8 heteroatoms. The van der Waals surface area contributed by atoms with Gasteiger partial charge in [0.15, 0.2) is 5.82 Å². The quantitative estimate of drug-likeness (QED) is 0.505. The lowest BCUT2D eigenvalue weighted by Gasteiger charge is -2.05. The number of H-pyrrole nitrogens is 1. The molecule has 1 aromatic carbocycles. The first-order valence-electron chi connectivity index (χ1n) is 8.25. The van der Waals surface area contributed by atoms with Crippen molar-refractivity contribution in [1.29, 1.82) is 0 Å². The van der Waals surface area contributed by atoms with Crippen LogP contribution in [-0.4, -0.2) is 31.6 Å². The zero-order chi connectivity index (χ0) is 18.8. The van der Waals surface area contributed by atoms with Crippen LogP contribution in [0.15, 0.2) is 61.1 Å². The molecule has 0 radical (unpaired) electrons.